The molecule has 0 radical (unpaired) electrons. The molecule has 0 atom stereocenters. The van der Waals surface area contributed by atoms with E-state index in [-0.39, 0.29) is 5.88 Å². The smallest absolute Gasteiger partial charge is 0.253 e. The summed E-state index contributed by atoms with van der Waals surface area (Å²) in [6.07, 6.45) is 1.86. The van der Waals surface area contributed by atoms with Crippen molar-refractivity contribution >= 4 is 0 Å². The lowest BCUT2D eigenvalue weighted by molar-refractivity contribution is 0.280. The molecule has 0 aliphatic rings. The van der Waals surface area contributed by atoms with E-state index in [9.17, 15) is 4.39 Å². The predicted molar refractivity (Wildman–Crippen MR) is 60.0 cm³/mol. The van der Waals surface area contributed by atoms with E-state index in [1.165, 1.54) is 6.33 Å². The largest absolute Gasteiger partial charge is 0.474 e. The van der Waals surface area contributed by atoms with Crippen LogP contribution in [0.1, 0.15) is 26.5 Å². The van der Waals surface area contributed by atoms with Crippen molar-refractivity contribution in [3.05, 3.63) is 17.8 Å². The molecule has 0 saturated heterocycles. The number of nitrogens with one attached hydrogen (secondary N) is 1. The van der Waals surface area contributed by atoms with Crippen molar-refractivity contribution in [2.24, 2.45) is 0 Å². The van der Waals surface area contributed by atoms with Crippen LogP contribution in [0.15, 0.2) is 6.33 Å². The van der Waals surface area contributed by atoms with E-state index in [0.29, 0.717) is 31.3 Å². The van der Waals surface area contributed by atoms with Crippen LogP contribution < -0.4 is 10.1 Å². The highest BCUT2D eigenvalue weighted by Gasteiger charge is 2.10. The van der Waals surface area contributed by atoms with Gasteiger partial charge in [-0.2, -0.15) is 9.37 Å². The normalized spacial score (nSPS) is 10.8. The Hall–Kier alpha value is -1.23. The van der Waals surface area contributed by atoms with Crippen LogP contribution in [-0.4, -0.2) is 29.2 Å². The second kappa shape index (κ2) is 6.37. The molecule has 1 aromatic heterocycles. The zero-order chi connectivity index (χ0) is 12.0. The van der Waals surface area contributed by atoms with Gasteiger partial charge in [0.1, 0.15) is 12.9 Å². The highest BCUT2D eigenvalue weighted by molar-refractivity contribution is 5.16. The lowest BCUT2D eigenvalue weighted by Crippen LogP contribution is -2.27. The second-order valence-electron chi connectivity index (χ2n) is 3.75. The first kappa shape index (κ1) is 12.8. The molecule has 5 heteroatoms. The van der Waals surface area contributed by atoms with E-state index in [4.69, 9.17) is 4.74 Å². The molecule has 0 saturated carbocycles. The Morgan fingerprint density at radius 1 is 1.44 bits per heavy atom. The summed E-state index contributed by atoms with van der Waals surface area (Å²) in [5.41, 5.74) is 0.391. The van der Waals surface area contributed by atoms with Gasteiger partial charge in [0.15, 0.2) is 0 Å². The standard InChI is InChI=1S/C11H18FN3O/c1-4-9-10(12)11(15-7-14-9)16-6-5-13-8(2)3/h7-8,13H,4-6H2,1-3H3. The van der Waals surface area contributed by atoms with Crippen molar-refractivity contribution < 1.29 is 9.13 Å². The summed E-state index contributed by atoms with van der Waals surface area (Å²) in [6, 6.07) is 0.394. The van der Waals surface area contributed by atoms with E-state index < -0.39 is 5.82 Å². The first-order valence-electron chi connectivity index (χ1n) is 5.50. The third kappa shape index (κ3) is 3.73. The van der Waals surface area contributed by atoms with Gasteiger partial charge in [-0.1, -0.05) is 20.8 Å². The first-order valence-corrected chi connectivity index (χ1v) is 5.50. The molecular formula is C11H18FN3O. The molecule has 4 nitrogen and oxygen atoms in total. The number of ether oxygens (including phenoxy) is 1. The molecule has 0 fully saturated rings. The molecule has 0 amide bonds. The Morgan fingerprint density at radius 2 is 2.19 bits per heavy atom. The minimum atomic E-state index is -0.449. The van der Waals surface area contributed by atoms with E-state index in [2.05, 4.69) is 15.3 Å². The second-order valence-corrected chi connectivity index (χ2v) is 3.75. The van der Waals surface area contributed by atoms with Gasteiger partial charge in [-0.15, -0.1) is 0 Å². The third-order valence-electron chi connectivity index (χ3n) is 2.06. The topological polar surface area (TPSA) is 47.0 Å². The van der Waals surface area contributed by atoms with Gasteiger partial charge in [0, 0.05) is 12.6 Å². The van der Waals surface area contributed by atoms with E-state index >= 15 is 0 Å². The average molecular weight is 227 g/mol. The molecule has 1 heterocycles. The Morgan fingerprint density at radius 3 is 2.81 bits per heavy atom. The van der Waals surface area contributed by atoms with Crippen LogP contribution in [0.25, 0.3) is 0 Å². The van der Waals surface area contributed by atoms with Crippen LogP contribution in [0.2, 0.25) is 0 Å². The molecule has 0 aliphatic carbocycles. The minimum absolute atomic E-state index is 0.0393. The van der Waals surface area contributed by atoms with Crippen molar-refractivity contribution in [1.29, 1.82) is 0 Å². The SMILES string of the molecule is CCc1ncnc(OCCNC(C)C)c1F. The van der Waals surface area contributed by atoms with Gasteiger partial charge in [0.25, 0.3) is 5.88 Å². The lowest BCUT2D eigenvalue weighted by atomic mass is 10.3. The van der Waals surface area contributed by atoms with Crippen LogP contribution in [0, 0.1) is 5.82 Å². The summed E-state index contributed by atoms with van der Waals surface area (Å²) in [5, 5.41) is 3.17. The van der Waals surface area contributed by atoms with Crippen molar-refractivity contribution in [2.45, 2.75) is 33.2 Å². The fourth-order valence-corrected chi connectivity index (χ4v) is 1.23. The molecular weight excluding hydrogens is 209 g/mol. The fourth-order valence-electron chi connectivity index (χ4n) is 1.23. The van der Waals surface area contributed by atoms with Gasteiger partial charge in [0.05, 0.1) is 5.69 Å². The average Bonchev–Trinajstić information content (AvgIpc) is 2.26. The molecule has 90 valence electrons. The van der Waals surface area contributed by atoms with Gasteiger partial charge in [0.2, 0.25) is 5.82 Å². The summed E-state index contributed by atoms with van der Waals surface area (Å²) in [6.45, 7) is 6.99. The zero-order valence-corrected chi connectivity index (χ0v) is 9.96. The van der Waals surface area contributed by atoms with Gasteiger partial charge in [-0.3, -0.25) is 0 Å². The van der Waals surface area contributed by atoms with Crippen LogP contribution in [0.5, 0.6) is 5.88 Å². The molecule has 1 rings (SSSR count). The summed E-state index contributed by atoms with van der Waals surface area (Å²) >= 11 is 0. The Balaban J connectivity index is 2.47. The maximum absolute atomic E-state index is 13.6. The quantitative estimate of drug-likeness (QED) is 0.749. The van der Waals surface area contributed by atoms with Gasteiger partial charge >= 0.3 is 0 Å². The molecule has 1 aromatic rings. The van der Waals surface area contributed by atoms with E-state index in [1.807, 2.05) is 20.8 Å². The molecule has 16 heavy (non-hydrogen) atoms. The molecule has 0 aliphatic heterocycles. The fraction of sp³-hybridized carbons (Fsp3) is 0.636. The van der Waals surface area contributed by atoms with E-state index in [0.717, 1.165) is 0 Å². The number of nitrogens with zero attached hydrogens (tertiary/aromatic N) is 2. The van der Waals surface area contributed by atoms with Crippen molar-refractivity contribution in [3.8, 4) is 5.88 Å². The van der Waals surface area contributed by atoms with Crippen molar-refractivity contribution in [2.75, 3.05) is 13.2 Å². The molecule has 1 N–H and O–H groups in total. The van der Waals surface area contributed by atoms with Crippen LogP contribution in [0.3, 0.4) is 0 Å². The molecule has 0 unspecified atom stereocenters. The van der Waals surface area contributed by atoms with E-state index in [1.54, 1.807) is 0 Å². The third-order valence-corrected chi connectivity index (χ3v) is 2.06. The van der Waals surface area contributed by atoms with Gasteiger partial charge in [-0.05, 0) is 6.42 Å². The Kier molecular flexibility index (Phi) is 5.11. The van der Waals surface area contributed by atoms with Gasteiger partial charge < -0.3 is 10.1 Å². The van der Waals surface area contributed by atoms with Gasteiger partial charge in [-0.25, -0.2) is 4.98 Å². The molecule has 0 bridgehead atoms. The summed E-state index contributed by atoms with van der Waals surface area (Å²) in [5.74, 6) is -0.410. The zero-order valence-electron chi connectivity index (χ0n) is 9.96. The number of aromatic nitrogens is 2. The van der Waals surface area contributed by atoms with Crippen LogP contribution in [0.4, 0.5) is 4.39 Å². The first-order chi connectivity index (χ1) is 7.65. The maximum Gasteiger partial charge on any atom is 0.253 e. The molecule has 0 spiro atoms. The highest BCUT2D eigenvalue weighted by atomic mass is 19.1. The number of rotatable bonds is 6. The minimum Gasteiger partial charge on any atom is -0.474 e. The highest BCUT2D eigenvalue weighted by Crippen LogP contribution is 2.15. The molecule has 0 aromatic carbocycles. The summed E-state index contributed by atoms with van der Waals surface area (Å²) in [4.78, 5) is 7.60. The number of aryl methyl sites for hydroxylation is 1. The summed E-state index contributed by atoms with van der Waals surface area (Å²) in [7, 11) is 0. The van der Waals surface area contributed by atoms with Crippen molar-refractivity contribution in [3.63, 3.8) is 0 Å². The number of hydrogen-bond acceptors (Lipinski definition) is 4. The Bertz CT molecular complexity index is 331. The summed E-state index contributed by atoms with van der Waals surface area (Å²) < 4.78 is 18.8. The lowest BCUT2D eigenvalue weighted by Gasteiger charge is -2.10. The van der Waals surface area contributed by atoms with Crippen LogP contribution in [-0.2, 0) is 6.42 Å². The number of hydrogen-bond donors (Lipinski definition) is 1. The predicted octanol–water partition coefficient (Wildman–Crippen LogP) is 1.55. The monoisotopic (exact) mass is 227 g/mol. The van der Waals surface area contributed by atoms with Crippen molar-refractivity contribution in [1.82, 2.24) is 15.3 Å². The maximum atomic E-state index is 13.6. The Labute approximate surface area is 95.3 Å². The number of halogens is 1. The van der Waals surface area contributed by atoms with Crippen LogP contribution >= 0.6 is 0 Å².